The molecule has 10 heteroatoms. The summed E-state index contributed by atoms with van der Waals surface area (Å²) >= 11 is 0. The molecule has 0 bridgehead atoms. The molecule has 0 saturated heterocycles. The van der Waals surface area contributed by atoms with Gasteiger partial charge in [0.05, 0.1) is 46.0 Å². The molecule has 0 saturated carbocycles. The zero-order chi connectivity index (χ0) is 38.1. The second-order valence-corrected chi connectivity index (χ2v) is 16.0. The number of phosphoric acid groups is 1. The number of phosphoric ester groups is 1. The lowest BCUT2D eigenvalue weighted by Crippen LogP contribution is -2.45. The molecule has 0 aliphatic rings. The number of unbranched alkanes of at least 4 members (excludes halogenated alkanes) is 13. The number of quaternary nitrogens is 1. The van der Waals surface area contributed by atoms with Gasteiger partial charge in [0.25, 0.3) is 0 Å². The lowest BCUT2D eigenvalue weighted by molar-refractivity contribution is -0.870. The summed E-state index contributed by atoms with van der Waals surface area (Å²) in [5.41, 5.74) is 0. The molecule has 1 amide bonds. The summed E-state index contributed by atoms with van der Waals surface area (Å²) in [4.78, 5) is 23.0. The van der Waals surface area contributed by atoms with E-state index in [4.69, 9.17) is 9.05 Å². The van der Waals surface area contributed by atoms with Gasteiger partial charge in [0.2, 0.25) is 5.91 Å². The van der Waals surface area contributed by atoms with E-state index in [0.29, 0.717) is 30.3 Å². The topological polar surface area (TPSA) is 125 Å². The monoisotopic (exact) mass is 740 g/mol. The minimum absolute atomic E-state index is 0.0331. The Kier molecular flexibility index (Phi) is 31.6. The maximum Gasteiger partial charge on any atom is 0.472 e. The number of nitrogens with one attached hydrogen (secondary N) is 1. The zero-order valence-electron chi connectivity index (χ0n) is 32.9. The Morgan fingerprint density at radius 3 is 2.00 bits per heavy atom. The molecule has 4 N–H and O–H groups in total. The Hall–Kier alpha value is -1.84. The highest BCUT2D eigenvalue weighted by molar-refractivity contribution is 7.47. The van der Waals surface area contributed by atoms with E-state index in [1.165, 1.54) is 64.2 Å². The van der Waals surface area contributed by atoms with Gasteiger partial charge in [0, 0.05) is 6.42 Å². The summed E-state index contributed by atoms with van der Waals surface area (Å²) < 4.78 is 23.4. The first kappa shape index (κ1) is 49.2. The molecule has 9 nitrogen and oxygen atoms in total. The molecule has 0 aromatic carbocycles. The molecule has 0 heterocycles. The fraction of sp³-hybridized carbons (Fsp3) is 0.732. The van der Waals surface area contributed by atoms with Crippen molar-refractivity contribution in [3.05, 3.63) is 60.8 Å². The van der Waals surface area contributed by atoms with Crippen molar-refractivity contribution >= 4 is 13.7 Å². The van der Waals surface area contributed by atoms with E-state index < -0.39 is 26.1 Å². The van der Waals surface area contributed by atoms with Crippen LogP contribution in [0.25, 0.3) is 0 Å². The molecule has 0 aliphatic carbocycles. The normalized spacial score (nSPS) is 15.8. The Balaban J connectivity index is 4.72. The number of aliphatic hydroxyl groups is 2. The van der Waals surface area contributed by atoms with Crippen LogP contribution in [0.5, 0.6) is 0 Å². The van der Waals surface area contributed by atoms with Gasteiger partial charge in [-0.1, -0.05) is 139 Å². The fourth-order valence-corrected chi connectivity index (χ4v) is 5.79. The first-order valence-corrected chi connectivity index (χ1v) is 21.3. The number of allylic oxidation sites excluding steroid dienone is 7. The predicted molar refractivity (Wildman–Crippen MR) is 213 cm³/mol. The second kappa shape index (κ2) is 32.8. The van der Waals surface area contributed by atoms with Crippen molar-refractivity contribution in [1.29, 1.82) is 0 Å². The van der Waals surface area contributed by atoms with Crippen molar-refractivity contribution in [2.24, 2.45) is 0 Å². The maximum absolute atomic E-state index is 12.8. The van der Waals surface area contributed by atoms with Crippen molar-refractivity contribution < 1.29 is 38.0 Å². The van der Waals surface area contributed by atoms with Crippen LogP contribution in [0.1, 0.15) is 136 Å². The fourth-order valence-electron chi connectivity index (χ4n) is 5.05. The third-order valence-electron chi connectivity index (χ3n) is 8.31. The quantitative estimate of drug-likeness (QED) is 0.0171. The van der Waals surface area contributed by atoms with Crippen LogP contribution in [-0.2, 0) is 18.4 Å². The molecular formula is C41H76N2O7P+. The highest BCUT2D eigenvalue weighted by atomic mass is 31.2. The van der Waals surface area contributed by atoms with Crippen LogP contribution in [0.15, 0.2) is 60.8 Å². The predicted octanol–water partition coefficient (Wildman–Crippen LogP) is 9.27. The van der Waals surface area contributed by atoms with Crippen LogP contribution < -0.4 is 5.32 Å². The van der Waals surface area contributed by atoms with Crippen molar-refractivity contribution in [3.8, 4) is 0 Å². The van der Waals surface area contributed by atoms with Gasteiger partial charge in [-0.3, -0.25) is 13.8 Å². The number of carbonyl (C=O) groups excluding carboxylic acids is 1. The SMILES string of the molecule is CCCCC/C=C\C/C=C\CC(O)/C=C\C=C\CCCC(=O)N[C@@H](COP(=O)(O)OCC[N+](C)(C)C)[C@H](O)/C=C/CCCCCCCCCCC. The number of amides is 1. The van der Waals surface area contributed by atoms with Crippen LogP contribution in [-0.4, -0.2) is 84.6 Å². The van der Waals surface area contributed by atoms with E-state index in [9.17, 15) is 24.5 Å². The number of nitrogens with zero attached hydrogens (tertiary/aromatic N) is 1. The molecule has 0 aromatic rings. The van der Waals surface area contributed by atoms with Crippen LogP contribution in [0.4, 0.5) is 0 Å². The van der Waals surface area contributed by atoms with Crippen molar-refractivity contribution in [3.63, 3.8) is 0 Å². The summed E-state index contributed by atoms with van der Waals surface area (Å²) in [7, 11) is 1.47. The lowest BCUT2D eigenvalue weighted by atomic mass is 10.1. The maximum atomic E-state index is 12.8. The number of likely N-dealkylation sites (N-methyl/N-ethyl adjacent to an activating group) is 1. The zero-order valence-corrected chi connectivity index (χ0v) is 33.8. The second-order valence-electron chi connectivity index (χ2n) is 14.5. The van der Waals surface area contributed by atoms with Crippen molar-refractivity contribution in [2.75, 3.05) is 40.9 Å². The summed E-state index contributed by atoms with van der Waals surface area (Å²) in [6, 6.07) is -0.907. The Morgan fingerprint density at radius 1 is 0.725 bits per heavy atom. The average molecular weight is 740 g/mol. The van der Waals surface area contributed by atoms with Crippen LogP contribution in [0.2, 0.25) is 0 Å². The van der Waals surface area contributed by atoms with Gasteiger partial charge >= 0.3 is 7.82 Å². The van der Waals surface area contributed by atoms with Crippen LogP contribution >= 0.6 is 7.82 Å². The van der Waals surface area contributed by atoms with Gasteiger partial charge < -0.3 is 24.9 Å². The van der Waals surface area contributed by atoms with Gasteiger partial charge in [-0.05, 0) is 51.4 Å². The lowest BCUT2D eigenvalue weighted by Gasteiger charge is -2.25. The van der Waals surface area contributed by atoms with Gasteiger partial charge in [-0.25, -0.2) is 4.57 Å². The van der Waals surface area contributed by atoms with Crippen LogP contribution in [0.3, 0.4) is 0 Å². The van der Waals surface area contributed by atoms with E-state index in [-0.39, 0.29) is 25.5 Å². The molecular weight excluding hydrogens is 663 g/mol. The third-order valence-corrected chi connectivity index (χ3v) is 9.30. The number of carbonyl (C=O) groups is 1. The average Bonchev–Trinajstić information content (AvgIpc) is 3.07. The number of rotatable bonds is 34. The highest BCUT2D eigenvalue weighted by Gasteiger charge is 2.27. The van der Waals surface area contributed by atoms with E-state index in [0.717, 1.165) is 32.1 Å². The Morgan fingerprint density at radius 2 is 1.31 bits per heavy atom. The minimum atomic E-state index is -4.37. The van der Waals surface area contributed by atoms with Crippen molar-refractivity contribution in [1.82, 2.24) is 5.32 Å². The summed E-state index contributed by atoms with van der Waals surface area (Å²) in [5, 5.41) is 23.8. The molecule has 0 spiro atoms. The standard InChI is InChI=1S/C41H75N2O7P/c1-6-8-10-12-14-16-17-19-21-25-29-33-40(45)39(37-50-51(47,48)49-36-35-43(3,4)5)42-41(46)34-30-26-22-24-28-32-38(44)31-27-23-20-18-15-13-11-9-7-2/h15,18,22-24,27-29,32-33,38-40,44-45H,6-14,16-17,19-21,25-26,30-31,34-37H2,1-5H3,(H-,42,46,47,48)/p+1/b18-15-,24-22+,27-23-,32-28-,33-29+/t38?,39-,40+/m0/s1. The van der Waals surface area contributed by atoms with Gasteiger partial charge in [0.15, 0.2) is 0 Å². The molecule has 0 fully saturated rings. The van der Waals surface area contributed by atoms with Gasteiger partial charge in [-0.2, -0.15) is 0 Å². The molecule has 296 valence electrons. The van der Waals surface area contributed by atoms with Crippen molar-refractivity contribution in [2.45, 2.75) is 154 Å². The number of hydrogen-bond donors (Lipinski definition) is 4. The Labute approximate surface area is 312 Å². The van der Waals surface area contributed by atoms with Gasteiger partial charge in [-0.15, -0.1) is 0 Å². The smallest absolute Gasteiger partial charge is 0.389 e. The van der Waals surface area contributed by atoms with E-state index in [1.54, 1.807) is 12.2 Å². The van der Waals surface area contributed by atoms with E-state index >= 15 is 0 Å². The molecule has 51 heavy (non-hydrogen) atoms. The highest BCUT2D eigenvalue weighted by Crippen LogP contribution is 2.43. The first-order valence-electron chi connectivity index (χ1n) is 19.8. The molecule has 0 rings (SSSR count). The molecule has 0 aliphatic heterocycles. The molecule has 0 aromatic heterocycles. The summed E-state index contributed by atoms with van der Waals surface area (Å²) in [5.74, 6) is -0.282. The molecule has 0 radical (unpaired) electrons. The van der Waals surface area contributed by atoms with Gasteiger partial charge in [0.1, 0.15) is 13.2 Å². The van der Waals surface area contributed by atoms with E-state index in [1.807, 2.05) is 51.5 Å². The molecule has 4 atom stereocenters. The van der Waals surface area contributed by atoms with Crippen LogP contribution in [0, 0.1) is 0 Å². The molecule has 2 unspecified atom stereocenters. The largest absolute Gasteiger partial charge is 0.472 e. The summed E-state index contributed by atoms with van der Waals surface area (Å²) in [6.07, 6.45) is 37.4. The van der Waals surface area contributed by atoms with E-state index in [2.05, 4.69) is 37.4 Å². The first-order chi connectivity index (χ1) is 24.4. The third kappa shape index (κ3) is 35.0. The Bertz CT molecular complexity index is 1040. The number of hydrogen-bond acceptors (Lipinski definition) is 6. The minimum Gasteiger partial charge on any atom is -0.389 e. The summed E-state index contributed by atoms with van der Waals surface area (Å²) in [6.45, 7) is 4.61. The number of aliphatic hydroxyl groups excluding tert-OH is 2.